The van der Waals surface area contributed by atoms with E-state index < -0.39 is 0 Å². The van der Waals surface area contributed by atoms with E-state index in [-0.39, 0.29) is 0 Å². The zero-order chi connectivity index (χ0) is 10.8. The van der Waals surface area contributed by atoms with Crippen molar-refractivity contribution in [3.8, 4) is 0 Å². The van der Waals surface area contributed by atoms with Gasteiger partial charge >= 0.3 is 0 Å². The first-order valence-electron chi connectivity index (χ1n) is 5.51. The van der Waals surface area contributed by atoms with Gasteiger partial charge in [0.25, 0.3) is 0 Å². The van der Waals surface area contributed by atoms with Crippen molar-refractivity contribution >= 4 is 17.0 Å². The van der Waals surface area contributed by atoms with E-state index in [1.807, 2.05) is 12.1 Å². The molecule has 0 amide bonds. The number of nitrogens with two attached hydrogens (primary N) is 1. The Balaban J connectivity index is 2.71. The fraction of sp³-hybridized carbons (Fsp3) is 0.417. The molecule has 1 heterocycles. The van der Waals surface area contributed by atoms with Crippen LogP contribution in [0.3, 0.4) is 0 Å². The normalized spacial score (nSPS) is 11.1. The predicted octanol–water partition coefficient (Wildman–Crippen LogP) is 2.59. The van der Waals surface area contributed by atoms with Crippen LogP contribution in [0.15, 0.2) is 18.2 Å². The van der Waals surface area contributed by atoms with E-state index in [1.54, 1.807) is 0 Å². The molecule has 15 heavy (non-hydrogen) atoms. The number of nitrogens with zero attached hydrogens (tertiary/aromatic N) is 2. The van der Waals surface area contributed by atoms with Crippen LogP contribution in [0.4, 0.5) is 5.95 Å². The van der Waals surface area contributed by atoms with Crippen LogP contribution in [-0.2, 0) is 13.0 Å². The van der Waals surface area contributed by atoms with Crippen molar-refractivity contribution in [2.24, 2.45) is 0 Å². The minimum atomic E-state index is 0.632. The lowest BCUT2D eigenvalue weighted by molar-refractivity contribution is 0.704. The van der Waals surface area contributed by atoms with Crippen molar-refractivity contribution in [1.29, 1.82) is 0 Å². The number of hydrogen-bond acceptors (Lipinski definition) is 2. The molecule has 0 aliphatic carbocycles. The van der Waals surface area contributed by atoms with E-state index in [0.29, 0.717) is 5.95 Å². The summed E-state index contributed by atoms with van der Waals surface area (Å²) in [6, 6.07) is 6.22. The SMILES string of the molecule is CCCn1c(N)nc2cccc(CC)c21. The van der Waals surface area contributed by atoms with Gasteiger partial charge in [0, 0.05) is 6.54 Å². The number of benzene rings is 1. The summed E-state index contributed by atoms with van der Waals surface area (Å²) < 4.78 is 2.12. The first kappa shape index (κ1) is 10.0. The first-order valence-corrected chi connectivity index (χ1v) is 5.51. The number of nitrogen functional groups attached to an aromatic ring is 1. The van der Waals surface area contributed by atoms with Crippen LogP contribution in [0.5, 0.6) is 0 Å². The van der Waals surface area contributed by atoms with Gasteiger partial charge in [-0.1, -0.05) is 26.0 Å². The number of aryl methyl sites for hydroxylation is 2. The summed E-state index contributed by atoms with van der Waals surface area (Å²) in [6.45, 7) is 5.26. The number of imidazole rings is 1. The fourth-order valence-corrected chi connectivity index (χ4v) is 2.01. The molecule has 0 radical (unpaired) electrons. The second-order valence-corrected chi connectivity index (χ2v) is 3.76. The lowest BCUT2D eigenvalue weighted by atomic mass is 10.1. The third-order valence-corrected chi connectivity index (χ3v) is 2.71. The van der Waals surface area contributed by atoms with Gasteiger partial charge in [0.2, 0.25) is 5.95 Å². The van der Waals surface area contributed by atoms with Crippen molar-refractivity contribution in [3.63, 3.8) is 0 Å². The molecule has 0 fully saturated rings. The Morgan fingerprint density at radius 1 is 1.33 bits per heavy atom. The second kappa shape index (κ2) is 3.93. The molecular weight excluding hydrogens is 186 g/mol. The zero-order valence-electron chi connectivity index (χ0n) is 9.33. The Morgan fingerprint density at radius 2 is 2.13 bits per heavy atom. The van der Waals surface area contributed by atoms with E-state index in [0.717, 1.165) is 24.9 Å². The molecule has 2 N–H and O–H groups in total. The van der Waals surface area contributed by atoms with E-state index in [9.17, 15) is 0 Å². The highest BCUT2D eigenvalue weighted by atomic mass is 15.1. The quantitative estimate of drug-likeness (QED) is 0.833. The molecule has 80 valence electrons. The van der Waals surface area contributed by atoms with Gasteiger partial charge in [-0.05, 0) is 24.5 Å². The van der Waals surface area contributed by atoms with Gasteiger partial charge in [0.1, 0.15) is 0 Å². The Kier molecular flexibility index (Phi) is 2.62. The van der Waals surface area contributed by atoms with Gasteiger partial charge < -0.3 is 10.3 Å². The maximum absolute atomic E-state index is 5.91. The summed E-state index contributed by atoms with van der Waals surface area (Å²) in [6.07, 6.45) is 2.10. The predicted molar refractivity (Wildman–Crippen MR) is 63.8 cm³/mol. The van der Waals surface area contributed by atoms with Crippen LogP contribution in [0, 0.1) is 0 Å². The Hall–Kier alpha value is -1.51. The molecule has 0 saturated heterocycles. The monoisotopic (exact) mass is 203 g/mol. The molecule has 0 unspecified atom stereocenters. The molecule has 0 aliphatic heterocycles. The van der Waals surface area contributed by atoms with Crippen molar-refractivity contribution < 1.29 is 0 Å². The maximum Gasteiger partial charge on any atom is 0.201 e. The summed E-state index contributed by atoms with van der Waals surface area (Å²) in [7, 11) is 0. The number of hydrogen-bond donors (Lipinski definition) is 1. The second-order valence-electron chi connectivity index (χ2n) is 3.76. The van der Waals surface area contributed by atoms with Crippen LogP contribution < -0.4 is 5.73 Å². The van der Waals surface area contributed by atoms with E-state index in [1.165, 1.54) is 11.1 Å². The van der Waals surface area contributed by atoms with Crippen molar-refractivity contribution in [2.75, 3.05) is 5.73 Å². The average molecular weight is 203 g/mol. The van der Waals surface area contributed by atoms with Gasteiger partial charge in [-0.15, -0.1) is 0 Å². The summed E-state index contributed by atoms with van der Waals surface area (Å²) >= 11 is 0. The van der Waals surface area contributed by atoms with Crippen LogP contribution in [0.25, 0.3) is 11.0 Å². The molecule has 1 aromatic heterocycles. The molecule has 3 nitrogen and oxygen atoms in total. The van der Waals surface area contributed by atoms with Gasteiger partial charge in [-0.2, -0.15) is 0 Å². The van der Waals surface area contributed by atoms with Gasteiger partial charge in [0.15, 0.2) is 0 Å². The molecule has 0 atom stereocenters. The molecule has 2 rings (SSSR count). The summed E-state index contributed by atoms with van der Waals surface area (Å²) in [5.41, 5.74) is 9.46. The highest BCUT2D eigenvalue weighted by molar-refractivity contribution is 5.81. The van der Waals surface area contributed by atoms with Gasteiger partial charge in [-0.3, -0.25) is 0 Å². The van der Waals surface area contributed by atoms with Crippen LogP contribution in [0.2, 0.25) is 0 Å². The lowest BCUT2D eigenvalue weighted by Gasteiger charge is -2.07. The lowest BCUT2D eigenvalue weighted by Crippen LogP contribution is -2.03. The molecule has 0 saturated carbocycles. The number of para-hydroxylation sites is 1. The Bertz CT molecular complexity index is 471. The van der Waals surface area contributed by atoms with E-state index in [2.05, 4.69) is 29.5 Å². The molecule has 0 spiro atoms. The van der Waals surface area contributed by atoms with Crippen molar-refractivity contribution in [1.82, 2.24) is 9.55 Å². The minimum Gasteiger partial charge on any atom is -0.369 e. The third kappa shape index (κ3) is 1.58. The highest BCUT2D eigenvalue weighted by Crippen LogP contribution is 2.22. The van der Waals surface area contributed by atoms with Crippen LogP contribution in [0.1, 0.15) is 25.8 Å². The summed E-state index contributed by atoms with van der Waals surface area (Å²) in [5, 5.41) is 0. The zero-order valence-corrected chi connectivity index (χ0v) is 9.33. The molecule has 0 aliphatic rings. The Labute approximate surface area is 89.9 Å². The van der Waals surface area contributed by atoms with E-state index in [4.69, 9.17) is 5.73 Å². The average Bonchev–Trinajstić information content (AvgIpc) is 2.56. The third-order valence-electron chi connectivity index (χ3n) is 2.71. The number of anilines is 1. The van der Waals surface area contributed by atoms with Crippen LogP contribution in [-0.4, -0.2) is 9.55 Å². The van der Waals surface area contributed by atoms with Crippen LogP contribution >= 0.6 is 0 Å². The summed E-state index contributed by atoms with van der Waals surface area (Å²) in [5.74, 6) is 0.632. The van der Waals surface area contributed by atoms with Gasteiger partial charge in [0.05, 0.1) is 11.0 Å². The smallest absolute Gasteiger partial charge is 0.201 e. The van der Waals surface area contributed by atoms with Crippen molar-refractivity contribution in [2.45, 2.75) is 33.2 Å². The minimum absolute atomic E-state index is 0.632. The van der Waals surface area contributed by atoms with Crippen molar-refractivity contribution in [3.05, 3.63) is 23.8 Å². The molecular formula is C12H17N3. The number of rotatable bonds is 3. The highest BCUT2D eigenvalue weighted by Gasteiger charge is 2.09. The Morgan fingerprint density at radius 3 is 2.80 bits per heavy atom. The number of fused-ring (bicyclic) bond motifs is 1. The summed E-state index contributed by atoms with van der Waals surface area (Å²) in [4.78, 5) is 4.38. The van der Waals surface area contributed by atoms with E-state index >= 15 is 0 Å². The first-order chi connectivity index (χ1) is 7.27. The molecule has 0 bridgehead atoms. The molecule has 2 aromatic rings. The largest absolute Gasteiger partial charge is 0.369 e. The van der Waals surface area contributed by atoms with Gasteiger partial charge in [-0.25, -0.2) is 4.98 Å². The molecule has 3 heteroatoms. The molecule has 1 aromatic carbocycles. The number of aromatic nitrogens is 2. The standard InChI is InChI=1S/C12H17N3/c1-3-8-15-11-9(4-2)6-5-7-10(11)14-12(15)13/h5-7H,3-4,8H2,1-2H3,(H2,13,14). The topological polar surface area (TPSA) is 43.8 Å². The fourth-order valence-electron chi connectivity index (χ4n) is 2.01. The maximum atomic E-state index is 5.91.